The molecule has 0 atom stereocenters. The summed E-state index contributed by atoms with van der Waals surface area (Å²) in [5, 5.41) is 3.23. The minimum absolute atomic E-state index is 0.219. The highest BCUT2D eigenvalue weighted by Crippen LogP contribution is 2.27. The van der Waals surface area contributed by atoms with Crippen molar-refractivity contribution in [2.45, 2.75) is 13.5 Å². The van der Waals surface area contributed by atoms with E-state index in [0.29, 0.717) is 11.8 Å². The summed E-state index contributed by atoms with van der Waals surface area (Å²) in [5.74, 6) is 2.07. The van der Waals surface area contributed by atoms with Gasteiger partial charge in [0, 0.05) is 5.69 Å². The molecule has 8 nitrogen and oxygen atoms in total. The monoisotopic (exact) mass is 406 g/mol. The molecule has 1 saturated heterocycles. The summed E-state index contributed by atoms with van der Waals surface area (Å²) >= 11 is 0. The molecule has 1 aromatic heterocycles. The zero-order chi connectivity index (χ0) is 20.9. The van der Waals surface area contributed by atoms with Crippen LogP contribution in [0.5, 0.6) is 5.75 Å². The minimum atomic E-state index is 0.219. The molecule has 1 fully saturated rings. The first-order valence-corrected chi connectivity index (χ1v) is 10.2. The fourth-order valence-electron chi connectivity index (χ4n) is 3.73. The SMILES string of the molecule is COc1ccc(C)cc1Nc1nc(N)nc(C[NH+]2CCN(c3ccccc3)CC2)n1. The van der Waals surface area contributed by atoms with Crippen LogP contribution in [0.15, 0.2) is 48.5 Å². The lowest BCUT2D eigenvalue weighted by molar-refractivity contribution is -0.915. The predicted octanol–water partition coefficient (Wildman–Crippen LogP) is 1.42. The zero-order valence-corrected chi connectivity index (χ0v) is 17.4. The van der Waals surface area contributed by atoms with Gasteiger partial charge in [0.25, 0.3) is 0 Å². The first-order valence-electron chi connectivity index (χ1n) is 10.2. The number of anilines is 4. The van der Waals surface area contributed by atoms with Crippen LogP contribution in [0.4, 0.5) is 23.3 Å². The molecule has 0 unspecified atom stereocenters. The van der Waals surface area contributed by atoms with Gasteiger partial charge in [-0.3, -0.25) is 0 Å². The molecule has 8 heteroatoms. The smallest absolute Gasteiger partial charge is 0.232 e. The predicted molar refractivity (Wildman–Crippen MR) is 118 cm³/mol. The van der Waals surface area contributed by atoms with Crippen molar-refractivity contribution >= 4 is 23.3 Å². The van der Waals surface area contributed by atoms with E-state index in [1.807, 2.05) is 31.2 Å². The van der Waals surface area contributed by atoms with Gasteiger partial charge in [-0.05, 0) is 36.8 Å². The average Bonchev–Trinajstić information content (AvgIpc) is 2.75. The number of aryl methyl sites for hydroxylation is 1. The summed E-state index contributed by atoms with van der Waals surface area (Å²) in [6.07, 6.45) is 0. The molecule has 30 heavy (non-hydrogen) atoms. The Morgan fingerprint density at radius 2 is 1.83 bits per heavy atom. The van der Waals surface area contributed by atoms with Crippen molar-refractivity contribution in [3.05, 3.63) is 59.9 Å². The maximum absolute atomic E-state index is 5.97. The molecule has 1 aliphatic heterocycles. The van der Waals surface area contributed by atoms with E-state index in [9.17, 15) is 0 Å². The third-order valence-corrected chi connectivity index (χ3v) is 5.30. The van der Waals surface area contributed by atoms with E-state index in [2.05, 4.69) is 49.4 Å². The van der Waals surface area contributed by atoms with Crippen molar-refractivity contribution in [1.82, 2.24) is 15.0 Å². The number of nitrogens with one attached hydrogen (secondary N) is 2. The Morgan fingerprint density at radius 1 is 1.07 bits per heavy atom. The Labute approximate surface area is 176 Å². The summed E-state index contributed by atoms with van der Waals surface area (Å²) in [6.45, 7) is 6.80. The molecule has 1 aliphatic rings. The van der Waals surface area contributed by atoms with Gasteiger partial charge in [-0.25, -0.2) is 0 Å². The zero-order valence-electron chi connectivity index (χ0n) is 17.4. The first kappa shape index (κ1) is 19.9. The first-order chi connectivity index (χ1) is 14.6. The van der Waals surface area contributed by atoms with Gasteiger partial charge in [-0.2, -0.15) is 15.0 Å². The fraction of sp³-hybridized carbons (Fsp3) is 0.318. The number of piperazine rings is 1. The second kappa shape index (κ2) is 8.96. The van der Waals surface area contributed by atoms with Crippen molar-refractivity contribution < 1.29 is 9.64 Å². The van der Waals surface area contributed by atoms with Crippen LogP contribution in [0.1, 0.15) is 11.4 Å². The van der Waals surface area contributed by atoms with Crippen LogP contribution < -0.4 is 25.6 Å². The number of nitrogens with two attached hydrogens (primary N) is 1. The molecule has 0 aliphatic carbocycles. The maximum Gasteiger partial charge on any atom is 0.232 e. The third kappa shape index (κ3) is 4.77. The second-order valence-electron chi connectivity index (χ2n) is 7.51. The quantitative estimate of drug-likeness (QED) is 0.570. The van der Waals surface area contributed by atoms with Gasteiger partial charge >= 0.3 is 0 Å². The summed E-state index contributed by atoms with van der Waals surface area (Å²) in [6, 6.07) is 16.4. The number of hydrogen-bond acceptors (Lipinski definition) is 7. The molecular formula is C22H28N7O+. The van der Waals surface area contributed by atoms with E-state index < -0.39 is 0 Å². The molecule has 0 amide bonds. The molecule has 0 spiro atoms. The van der Waals surface area contributed by atoms with Crippen LogP contribution >= 0.6 is 0 Å². The molecule has 0 saturated carbocycles. The lowest BCUT2D eigenvalue weighted by Gasteiger charge is -2.33. The summed E-state index contributed by atoms with van der Waals surface area (Å²) in [4.78, 5) is 17.1. The molecule has 3 aromatic rings. The highest BCUT2D eigenvalue weighted by atomic mass is 16.5. The molecule has 2 heterocycles. The van der Waals surface area contributed by atoms with Crippen LogP contribution in [-0.2, 0) is 6.54 Å². The Hall–Kier alpha value is -3.39. The largest absolute Gasteiger partial charge is 0.495 e. The van der Waals surface area contributed by atoms with Crippen molar-refractivity contribution in [3.63, 3.8) is 0 Å². The number of benzene rings is 2. The molecular weight excluding hydrogens is 378 g/mol. The number of methoxy groups -OCH3 is 1. The van der Waals surface area contributed by atoms with Crippen molar-refractivity contribution in [3.8, 4) is 5.75 Å². The van der Waals surface area contributed by atoms with Gasteiger partial charge in [0.05, 0.1) is 39.0 Å². The molecule has 2 aromatic carbocycles. The van der Waals surface area contributed by atoms with E-state index in [4.69, 9.17) is 10.5 Å². The van der Waals surface area contributed by atoms with Crippen LogP contribution in [0.2, 0.25) is 0 Å². The number of ether oxygens (including phenoxy) is 1. The van der Waals surface area contributed by atoms with Gasteiger partial charge < -0.3 is 25.6 Å². The lowest BCUT2D eigenvalue weighted by atomic mass is 10.2. The second-order valence-corrected chi connectivity index (χ2v) is 7.51. The van der Waals surface area contributed by atoms with E-state index in [1.165, 1.54) is 10.6 Å². The van der Waals surface area contributed by atoms with Gasteiger partial charge in [-0.15, -0.1) is 0 Å². The van der Waals surface area contributed by atoms with E-state index in [-0.39, 0.29) is 5.95 Å². The van der Waals surface area contributed by atoms with Crippen LogP contribution in [0, 0.1) is 6.92 Å². The van der Waals surface area contributed by atoms with Crippen molar-refractivity contribution in [1.29, 1.82) is 0 Å². The lowest BCUT2D eigenvalue weighted by Crippen LogP contribution is -3.13. The van der Waals surface area contributed by atoms with Crippen LogP contribution in [0.25, 0.3) is 0 Å². The summed E-state index contributed by atoms with van der Waals surface area (Å²) in [5.41, 5.74) is 9.16. The third-order valence-electron chi connectivity index (χ3n) is 5.30. The Morgan fingerprint density at radius 3 is 2.57 bits per heavy atom. The van der Waals surface area contributed by atoms with E-state index in [1.54, 1.807) is 7.11 Å². The molecule has 4 rings (SSSR count). The van der Waals surface area contributed by atoms with Crippen molar-refractivity contribution in [2.75, 3.05) is 49.2 Å². The number of quaternary nitrogens is 1. The van der Waals surface area contributed by atoms with Gasteiger partial charge in [0.15, 0.2) is 5.82 Å². The van der Waals surface area contributed by atoms with E-state index >= 15 is 0 Å². The summed E-state index contributed by atoms with van der Waals surface area (Å²) < 4.78 is 5.43. The molecule has 4 N–H and O–H groups in total. The fourth-order valence-corrected chi connectivity index (χ4v) is 3.73. The Bertz CT molecular complexity index is 988. The van der Waals surface area contributed by atoms with Gasteiger partial charge in [0.2, 0.25) is 11.9 Å². The van der Waals surface area contributed by atoms with Gasteiger partial charge in [0.1, 0.15) is 12.3 Å². The minimum Gasteiger partial charge on any atom is -0.495 e. The van der Waals surface area contributed by atoms with Crippen LogP contribution in [-0.4, -0.2) is 48.2 Å². The number of nitrogen functional groups attached to an aromatic ring is 1. The highest BCUT2D eigenvalue weighted by Gasteiger charge is 2.22. The summed E-state index contributed by atoms with van der Waals surface area (Å²) in [7, 11) is 1.64. The maximum atomic E-state index is 5.97. The van der Waals surface area contributed by atoms with Crippen LogP contribution in [0.3, 0.4) is 0 Å². The Balaban J connectivity index is 1.42. The number of nitrogens with zero attached hydrogens (tertiary/aromatic N) is 4. The number of aromatic nitrogens is 3. The molecule has 0 bridgehead atoms. The Kier molecular flexibility index (Phi) is 5.94. The normalized spacial score (nSPS) is 14.5. The molecule has 0 radical (unpaired) electrons. The molecule has 156 valence electrons. The standard InChI is InChI=1S/C22H27N7O/c1-16-8-9-19(30-2)18(14-16)24-22-26-20(25-21(23)27-22)15-28-10-12-29(13-11-28)17-6-4-3-5-7-17/h3-9,14H,10-13,15H2,1-2H3,(H3,23,24,25,26,27)/p+1. The highest BCUT2D eigenvalue weighted by molar-refractivity contribution is 5.63. The van der Waals surface area contributed by atoms with Gasteiger partial charge in [-0.1, -0.05) is 24.3 Å². The number of rotatable bonds is 6. The number of para-hydroxylation sites is 1. The van der Waals surface area contributed by atoms with E-state index in [0.717, 1.165) is 49.7 Å². The topological polar surface area (TPSA) is 93.6 Å². The number of hydrogen-bond donors (Lipinski definition) is 3. The van der Waals surface area contributed by atoms with Crippen molar-refractivity contribution in [2.24, 2.45) is 0 Å². The average molecular weight is 407 g/mol.